The number of carbonyl (C=O) groups is 1. The number of hydrogen-bond acceptors (Lipinski definition) is 3. The number of rotatable bonds is 4. The van der Waals surface area contributed by atoms with Crippen LogP contribution in [0.25, 0.3) is 32.6 Å². The Morgan fingerprint density at radius 1 is 1.21 bits per heavy atom. The normalized spacial score (nSPS) is 18.4. The predicted molar refractivity (Wildman–Crippen MR) is 111 cm³/mol. The van der Waals surface area contributed by atoms with Gasteiger partial charge in [0.2, 0.25) is 5.91 Å². The molecule has 1 aliphatic rings. The van der Waals surface area contributed by atoms with E-state index in [0.29, 0.717) is 11.6 Å². The zero-order valence-corrected chi connectivity index (χ0v) is 16.0. The van der Waals surface area contributed by atoms with Crippen LogP contribution in [0.4, 0.5) is 9.52 Å². The lowest BCUT2D eigenvalue weighted by atomic mass is 9.97. The number of halogens is 1. The number of alkyl halides is 1. The average molecular weight is 391 g/mol. The molecule has 2 heterocycles. The molecule has 0 saturated heterocycles. The number of nitrogens with zero attached hydrogens (tertiary/aromatic N) is 1. The van der Waals surface area contributed by atoms with Crippen molar-refractivity contribution in [2.45, 2.75) is 19.5 Å². The smallest absolute Gasteiger partial charge is 0.232 e. The molecule has 2 aromatic heterocycles. The first-order valence-corrected chi connectivity index (χ1v) is 10.0. The molecule has 0 radical (unpaired) electrons. The maximum atomic E-state index is 13.1. The number of benzene rings is 2. The molecule has 2 aromatic carbocycles. The number of anilines is 1. The summed E-state index contributed by atoms with van der Waals surface area (Å²) in [5.41, 5.74) is 6.49. The molecule has 0 spiro atoms. The first-order valence-electron chi connectivity index (χ1n) is 9.19. The van der Waals surface area contributed by atoms with Gasteiger partial charge in [0.1, 0.15) is 6.17 Å². The molecular formula is C22H18FN3OS. The van der Waals surface area contributed by atoms with Crippen molar-refractivity contribution in [3.05, 3.63) is 60.3 Å². The van der Waals surface area contributed by atoms with Gasteiger partial charge >= 0.3 is 0 Å². The van der Waals surface area contributed by atoms with E-state index in [4.69, 9.17) is 0 Å². The predicted octanol–water partition coefficient (Wildman–Crippen LogP) is 5.56. The van der Waals surface area contributed by atoms with Gasteiger partial charge in [-0.25, -0.2) is 9.37 Å². The Balaban J connectivity index is 1.48. The highest BCUT2D eigenvalue weighted by Gasteiger charge is 2.43. The Kier molecular flexibility index (Phi) is 4.02. The van der Waals surface area contributed by atoms with Crippen LogP contribution in [0.15, 0.2) is 54.7 Å². The molecule has 4 nitrogen and oxygen atoms in total. The zero-order chi connectivity index (χ0) is 19.3. The molecule has 2 unspecified atom stereocenters. The van der Waals surface area contributed by atoms with E-state index in [-0.39, 0.29) is 5.91 Å². The van der Waals surface area contributed by atoms with Crippen molar-refractivity contribution in [3.8, 4) is 22.4 Å². The third-order valence-corrected chi connectivity index (χ3v) is 6.06. The van der Waals surface area contributed by atoms with Gasteiger partial charge in [-0.3, -0.25) is 4.79 Å². The van der Waals surface area contributed by atoms with E-state index in [0.717, 1.165) is 32.6 Å². The van der Waals surface area contributed by atoms with Crippen LogP contribution in [-0.2, 0) is 4.79 Å². The molecule has 28 heavy (non-hydrogen) atoms. The van der Waals surface area contributed by atoms with Crippen molar-refractivity contribution in [3.63, 3.8) is 0 Å². The molecule has 1 aliphatic carbocycles. The Bertz CT molecular complexity index is 1180. The summed E-state index contributed by atoms with van der Waals surface area (Å²) in [5, 5.41) is 3.27. The maximum absolute atomic E-state index is 13.1. The summed E-state index contributed by atoms with van der Waals surface area (Å²) >= 11 is 1.42. The number of hydrogen-bond donors (Lipinski definition) is 2. The summed E-state index contributed by atoms with van der Waals surface area (Å²) in [4.78, 5) is 19.7. The summed E-state index contributed by atoms with van der Waals surface area (Å²) in [6, 6.07) is 16.6. The van der Waals surface area contributed by atoms with Crippen molar-refractivity contribution < 1.29 is 9.18 Å². The molecule has 140 valence electrons. The molecule has 2 N–H and O–H groups in total. The summed E-state index contributed by atoms with van der Waals surface area (Å²) in [6.45, 7) is 2.10. The Morgan fingerprint density at radius 3 is 2.79 bits per heavy atom. The molecule has 2 atom stereocenters. The van der Waals surface area contributed by atoms with E-state index in [2.05, 4.69) is 52.5 Å². The summed E-state index contributed by atoms with van der Waals surface area (Å²) in [7, 11) is 0. The Hall–Kier alpha value is -2.99. The molecule has 6 heteroatoms. The fourth-order valence-electron chi connectivity index (χ4n) is 3.39. The van der Waals surface area contributed by atoms with Crippen molar-refractivity contribution in [1.29, 1.82) is 0 Å². The highest BCUT2D eigenvalue weighted by molar-refractivity contribution is 7.22. The number of H-pyrrole nitrogens is 1. The lowest BCUT2D eigenvalue weighted by molar-refractivity contribution is -0.117. The monoisotopic (exact) mass is 391 g/mol. The van der Waals surface area contributed by atoms with Crippen molar-refractivity contribution in [2.75, 3.05) is 5.32 Å². The molecule has 0 aliphatic heterocycles. The molecular weight excluding hydrogens is 373 g/mol. The SMILES string of the molecule is Cc1ccc(-c2ccc[nH]2)cc1-c1ccc2nc(NC(=O)C3CC3F)sc2c1. The number of aryl methyl sites for hydroxylation is 1. The minimum Gasteiger partial charge on any atom is -0.361 e. The second kappa shape index (κ2) is 6.56. The first kappa shape index (κ1) is 17.1. The lowest BCUT2D eigenvalue weighted by Gasteiger charge is -2.09. The highest BCUT2D eigenvalue weighted by atomic mass is 32.1. The minimum atomic E-state index is -1.00. The van der Waals surface area contributed by atoms with Crippen LogP contribution in [0.1, 0.15) is 12.0 Å². The van der Waals surface area contributed by atoms with E-state index in [9.17, 15) is 9.18 Å². The zero-order valence-electron chi connectivity index (χ0n) is 15.2. The van der Waals surface area contributed by atoms with Crippen LogP contribution in [0.3, 0.4) is 0 Å². The molecule has 0 bridgehead atoms. The number of thiazole rings is 1. The third-order valence-electron chi connectivity index (χ3n) is 5.13. The molecule has 5 rings (SSSR count). The van der Waals surface area contributed by atoms with Crippen LogP contribution in [-0.4, -0.2) is 22.0 Å². The van der Waals surface area contributed by atoms with Gasteiger partial charge < -0.3 is 10.3 Å². The van der Waals surface area contributed by atoms with Gasteiger partial charge in [-0.15, -0.1) is 0 Å². The molecule has 4 aromatic rings. The highest BCUT2D eigenvalue weighted by Crippen LogP contribution is 2.37. The summed E-state index contributed by atoms with van der Waals surface area (Å²) in [6.07, 6.45) is 1.23. The Morgan fingerprint density at radius 2 is 2.04 bits per heavy atom. The summed E-state index contributed by atoms with van der Waals surface area (Å²) in [5.74, 6) is -0.790. The second-order valence-electron chi connectivity index (χ2n) is 7.16. The second-order valence-corrected chi connectivity index (χ2v) is 8.19. The average Bonchev–Trinajstić information content (AvgIpc) is 3.09. The van der Waals surface area contributed by atoms with Gasteiger partial charge in [-0.05, 0) is 65.9 Å². The standard InChI is InChI=1S/C22H18FN3OS/c1-12-4-5-14(18-3-2-8-24-18)9-15(12)13-6-7-19-20(10-13)28-22(25-19)26-21(27)16-11-17(16)23/h2-10,16-17,24H,11H2,1H3,(H,25,26,27). The summed E-state index contributed by atoms with van der Waals surface area (Å²) < 4.78 is 14.1. The number of carbonyl (C=O) groups excluding carboxylic acids is 1. The first-order chi connectivity index (χ1) is 13.6. The number of aromatic nitrogens is 2. The fraction of sp³-hybridized carbons (Fsp3) is 0.182. The van der Waals surface area contributed by atoms with E-state index >= 15 is 0 Å². The van der Waals surface area contributed by atoms with Gasteiger partial charge in [0.25, 0.3) is 0 Å². The lowest BCUT2D eigenvalue weighted by Crippen LogP contribution is -2.14. The number of amides is 1. The van der Waals surface area contributed by atoms with E-state index < -0.39 is 12.1 Å². The molecule has 1 amide bonds. The fourth-order valence-corrected chi connectivity index (χ4v) is 4.30. The van der Waals surface area contributed by atoms with Crippen LogP contribution in [0.5, 0.6) is 0 Å². The van der Waals surface area contributed by atoms with E-state index in [1.807, 2.05) is 24.4 Å². The van der Waals surface area contributed by atoms with Gasteiger partial charge in [0, 0.05) is 11.9 Å². The maximum Gasteiger partial charge on any atom is 0.232 e. The number of fused-ring (bicyclic) bond motifs is 1. The van der Waals surface area contributed by atoms with Gasteiger partial charge in [0.05, 0.1) is 16.1 Å². The van der Waals surface area contributed by atoms with Crippen LogP contribution in [0.2, 0.25) is 0 Å². The number of nitrogens with one attached hydrogen (secondary N) is 2. The van der Waals surface area contributed by atoms with E-state index in [1.165, 1.54) is 16.9 Å². The van der Waals surface area contributed by atoms with Crippen LogP contribution >= 0.6 is 11.3 Å². The van der Waals surface area contributed by atoms with Crippen LogP contribution < -0.4 is 5.32 Å². The van der Waals surface area contributed by atoms with Gasteiger partial charge in [-0.1, -0.05) is 29.5 Å². The number of aromatic amines is 1. The van der Waals surface area contributed by atoms with Gasteiger partial charge in [0.15, 0.2) is 5.13 Å². The quantitative estimate of drug-likeness (QED) is 0.478. The topological polar surface area (TPSA) is 57.8 Å². The minimum absolute atomic E-state index is 0.277. The van der Waals surface area contributed by atoms with Gasteiger partial charge in [-0.2, -0.15) is 0 Å². The van der Waals surface area contributed by atoms with Crippen molar-refractivity contribution in [2.24, 2.45) is 5.92 Å². The van der Waals surface area contributed by atoms with E-state index in [1.54, 1.807) is 0 Å². The molecule has 1 fully saturated rings. The largest absolute Gasteiger partial charge is 0.361 e. The van der Waals surface area contributed by atoms with Crippen molar-refractivity contribution >= 4 is 32.6 Å². The Labute approximate surface area is 165 Å². The van der Waals surface area contributed by atoms with Crippen LogP contribution in [0, 0.1) is 12.8 Å². The van der Waals surface area contributed by atoms with Crippen molar-refractivity contribution in [1.82, 2.24) is 9.97 Å². The molecule has 1 saturated carbocycles. The third kappa shape index (κ3) is 3.10.